The van der Waals surface area contributed by atoms with Gasteiger partial charge in [-0.3, -0.25) is 15.1 Å². The van der Waals surface area contributed by atoms with E-state index >= 15 is 0 Å². The number of halogens is 1. The van der Waals surface area contributed by atoms with Gasteiger partial charge in [-0.2, -0.15) is 9.49 Å². The van der Waals surface area contributed by atoms with Crippen molar-refractivity contribution in [2.45, 2.75) is 24.2 Å². The van der Waals surface area contributed by atoms with Gasteiger partial charge in [0.15, 0.2) is 25.8 Å². The van der Waals surface area contributed by atoms with Crippen LogP contribution in [0.3, 0.4) is 0 Å². The number of anilines is 1. The van der Waals surface area contributed by atoms with Gasteiger partial charge in [-0.1, -0.05) is 23.5 Å². The van der Waals surface area contributed by atoms with Crippen molar-refractivity contribution in [2.75, 3.05) is 37.9 Å². The van der Waals surface area contributed by atoms with Crippen molar-refractivity contribution in [3.63, 3.8) is 0 Å². The number of hydrogen-bond acceptors (Lipinski definition) is 8. The molecular weight excluding hydrogens is 431 g/mol. The fourth-order valence-corrected chi connectivity index (χ4v) is 4.80. The third-order valence-corrected chi connectivity index (χ3v) is 7.00. The van der Waals surface area contributed by atoms with Crippen molar-refractivity contribution in [1.82, 2.24) is 9.99 Å². The quantitative estimate of drug-likeness (QED) is 0.462. The van der Waals surface area contributed by atoms with Crippen LogP contribution in [0.4, 0.5) is 9.52 Å². The molecule has 1 amide bonds. The van der Waals surface area contributed by atoms with Crippen molar-refractivity contribution in [2.24, 2.45) is 5.10 Å². The predicted octanol–water partition coefficient (Wildman–Crippen LogP) is 2.53. The Morgan fingerprint density at radius 3 is 2.60 bits per heavy atom. The number of hydrazone groups is 1. The smallest absolute Gasteiger partial charge is 0.278 e. The number of hydrogen-bond donors (Lipinski definition) is 1. The fraction of sp³-hybridized carbons (Fsp3) is 0.421. The van der Waals surface area contributed by atoms with E-state index in [1.54, 1.807) is 17.1 Å². The molecule has 0 atom stereocenters. The molecule has 1 fully saturated rings. The van der Waals surface area contributed by atoms with Crippen LogP contribution >= 0.6 is 11.3 Å². The molecule has 1 N–H and O–H groups in total. The lowest BCUT2D eigenvalue weighted by Crippen LogP contribution is -2.27. The third kappa shape index (κ3) is 5.83. The lowest BCUT2D eigenvalue weighted by Gasteiger charge is -2.14. The number of nitrogens with one attached hydrogen (secondary N) is 1. The highest BCUT2D eigenvalue weighted by molar-refractivity contribution is 7.91. The Morgan fingerprint density at radius 1 is 1.30 bits per heavy atom. The van der Waals surface area contributed by atoms with Crippen LogP contribution in [-0.4, -0.2) is 62.6 Å². The van der Waals surface area contributed by atoms with Crippen LogP contribution in [0.25, 0.3) is 0 Å². The Balaban J connectivity index is 1.83. The van der Waals surface area contributed by atoms with Crippen molar-refractivity contribution >= 4 is 37.9 Å². The maximum Gasteiger partial charge on any atom is 0.278 e. The summed E-state index contributed by atoms with van der Waals surface area (Å²) in [5.41, 5.74) is 0.586. The fourth-order valence-electron chi connectivity index (χ4n) is 2.98. The first-order valence-electron chi connectivity index (χ1n) is 9.47. The second kappa shape index (κ2) is 10.1. The number of amides is 1. The maximum atomic E-state index is 13.2. The van der Waals surface area contributed by atoms with E-state index in [1.165, 1.54) is 19.2 Å². The first-order chi connectivity index (χ1) is 14.4. The van der Waals surface area contributed by atoms with Gasteiger partial charge in [0.25, 0.3) is 5.91 Å². The topological polar surface area (TPSA) is 101 Å². The number of methoxy groups -OCH3 is 1. The van der Waals surface area contributed by atoms with E-state index in [0.717, 1.165) is 43.5 Å². The third-order valence-electron chi connectivity index (χ3n) is 4.49. The number of benzene rings is 1. The van der Waals surface area contributed by atoms with E-state index in [-0.39, 0.29) is 21.5 Å². The Hall–Kier alpha value is -2.37. The molecule has 0 radical (unpaired) electrons. The molecule has 8 nitrogen and oxygen atoms in total. The van der Waals surface area contributed by atoms with Crippen molar-refractivity contribution < 1.29 is 22.3 Å². The maximum absolute atomic E-state index is 13.2. The highest BCUT2D eigenvalue weighted by Gasteiger charge is 2.21. The van der Waals surface area contributed by atoms with E-state index in [9.17, 15) is 17.6 Å². The number of ether oxygens (including phenoxy) is 1. The Labute approximate surface area is 178 Å². The largest absolute Gasteiger partial charge is 0.385 e. The average molecular weight is 455 g/mol. The van der Waals surface area contributed by atoms with Crippen molar-refractivity contribution in [1.29, 1.82) is 0 Å². The Bertz CT molecular complexity index is 1000. The molecule has 0 saturated carbocycles. The van der Waals surface area contributed by atoms with E-state index < -0.39 is 20.9 Å². The first kappa shape index (κ1) is 22.3. The Kier molecular flexibility index (Phi) is 7.51. The normalized spacial score (nSPS) is 14.9. The summed E-state index contributed by atoms with van der Waals surface area (Å²) < 4.78 is 43.0. The number of thiazole rings is 1. The van der Waals surface area contributed by atoms with Crippen LogP contribution in [0, 0.1) is 5.13 Å². The SMILES string of the molecule is COCCCS(=O)(=O)c1ccc(C(=NN2CCCC2)C(=O)Nc2ncc(F)s2)cc1. The number of sulfone groups is 1. The van der Waals surface area contributed by atoms with E-state index in [1.807, 2.05) is 0 Å². The molecule has 1 aromatic carbocycles. The minimum Gasteiger partial charge on any atom is -0.385 e. The van der Waals surface area contributed by atoms with Crippen LogP contribution in [0.1, 0.15) is 24.8 Å². The van der Waals surface area contributed by atoms with Gasteiger partial charge in [-0.05, 0) is 31.4 Å². The molecule has 162 valence electrons. The minimum absolute atomic E-state index is 0.0228. The molecule has 1 aliphatic rings. The number of aromatic nitrogens is 1. The predicted molar refractivity (Wildman–Crippen MR) is 113 cm³/mol. The number of nitrogens with zero attached hydrogens (tertiary/aromatic N) is 3. The van der Waals surface area contributed by atoms with Crippen molar-refractivity contribution in [3.05, 3.63) is 41.2 Å². The summed E-state index contributed by atoms with van der Waals surface area (Å²) >= 11 is 0.719. The molecular formula is C19H23FN4O4S2. The van der Waals surface area contributed by atoms with Gasteiger partial charge in [-0.15, -0.1) is 0 Å². The van der Waals surface area contributed by atoms with Gasteiger partial charge in [-0.25, -0.2) is 13.4 Å². The van der Waals surface area contributed by atoms with Crippen LogP contribution in [0.2, 0.25) is 0 Å². The van der Waals surface area contributed by atoms with Gasteiger partial charge in [0.05, 0.1) is 16.8 Å². The summed E-state index contributed by atoms with van der Waals surface area (Å²) in [5, 5.41) is 8.43. The van der Waals surface area contributed by atoms with E-state index in [2.05, 4.69) is 15.4 Å². The van der Waals surface area contributed by atoms with E-state index in [0.29, 0.717) is 18.6 Å². The number of rotatable bonds is 9. The average Bonchev–Trinajstić information content (AvgIpc) is 3.38. The van der Waals surface area contributed by atoms with Gasteiger partial charge >= 0.3 is 0 Å². The van der Waals surface area contributed by atoms with Crippen LogP contribution in [0.15, 0.2) is 40.5 Å². The summed E-state index contributed by atoms with van der Waals surface area (Å²) in [5.74, 6) is -0.558. The Morgan fingerprint density at radius 2 is 2.00 bits per heavy atom. The molecule has 11 heteroatoms. The van der Waals surface area contributed by atoms with Gasteiger partial charge in [0.2, 0.25) is 0 Å². The van der Waals surface area contributed by atoms with Crippen LogP contribution in [-0.2, 0) is 19.4 Å². The lowest BCUT2D eigenvalue weighted by molar-refractivity contribution is -0.110. The monoisotopic (exact) mass is 454 g/mol. The van der Waals surface area contributed by atoms with Crippen LogP contribution < -0.4 is 5.32 Å². The second-order valence-corrected chi connectivity index (χ2v) is 9.81. The zero-order valence-corrected chi connectivity index (χ0v) is 18.1. The number of carbonyl (C=O) groups excluding carboxylic acids is 1. The van der Waals surface area contributed by atoms with Gasteiger partial charge in [0.1, 0.15) is 0 Å². The summed E-state index contributed by atoms with van der Waals surface area (Å²) in [7, 11) is -1.92. The van der Waals surface area contributed by atoms with E-state index in [4.69, 9.17) is 4.74 Å². The highest BCUT2D eigenvalue weighted by atomic mass is 32.2. The zero-order valence-electron chi connectivity index (χ0n) is 16.5. The summed E-state index contributed by atoms with van der Waals surface area (Å²) in [6.07, 6.45) is 3.39. The minimum atomic E-state index is -3.44. The number of carbonyl (C=O) groups is 1. The molecule has 2 heterocycles. The summed E-state index contributed by atoms with van der Waals surface area (Å²) in [4.78, 5) is 16.8. The molecule has 0 unspecified atom stereocenters. The second-order valence-electron chi connectivity index (χ2n) is 6.72. The molecule has 1 aliphatic heterocycles. The van der Waals surface area contributed by atoms with Crippen molar-refractivity contribution in [3.8, 4) is 0 Å². The first-order valence-corrected chi connectivity index (χ1v) is 11.9. The molecule has 3 rings (SSSR count). The molecule has 0 bridgehead atoms. The molecule has 1 saturated heterocycles. The summed E-state index contributed by atoms with van der Waals surface area (Å²) in [6.45, 7) is 1.82. The molecule has 30 heavy (non-hydrogen) atoms. The van der Waals surface area contributed by atoms with Gasteiger partial charge < -0.3 is 4.74 Å². The van der Waals surface area contributed by atoms with Crippen LogP contribution in [0.5, 0.6) is 0 Å². The van der Waals surface area contributed by atoms with Gasteiger partial charge in [0, 0.05) is 32.4 Å². The molecule has 0 aliphatic carbocycles. The molecule has 0 spiro atoms. The lowest BCUT2D eigenvalue weighted by atomic mass is 10.1. The standard InChI is InChI=1S/C19H23FN4O4S2/c1-28-11-4-12-30(26,27)15-7-5-14(6-8-15)17(23-24-9-2-3-10-24)18(25)22-19-21-13-16(20)29-19/h5-8,13H,2-4,9-12H2,1H3,(H,21,22,25). The zero-order chi connectivity index (χ0) is 21.6. The molecule has 1 aromatic heterocycles. The molecule has 2 aromatic rings. The highest BCUT2D eigenvalue weighted by Crippen LogP contribution is 2.19. The summed E-state index contributed by atoms with van der Waals surface area (Å²) in [6, 6.07) is 6.04.